The maximum absolute atomic E-state index is 14.4. The van der Waals surface area contributed by atoms with Crippen molar-refractivity contribution in [1.29, 1.82) is 0 Å². The SMILES string of the molecule is Cc1ccc(OCCc2ccc(C3=C(C(=O)N(Cc4cccc(C)c4C)C4CC4)[C@@H]4CNC[C@@H]4C3)cc2)c(Cl)c1. The van der Waals surface area contributed by atoms with Gasteiger partial charge in [0.25, 0.3) is 5.91 Å². The number of carbonyl (C=O) groups excluding carboxylic acids is 1. The third kappa shape index (κ3) is 5.57. The highest BCUT2D eigenvalue weighted by atomic mass is 35.5. The molecule has 1 saturated heterocycles. The van der Waals surface area contributed by atoms with E-state index in [1.807, 2.05) is 25.1 Å². The fourth-order valence-electron chi connectivity index (χ4n) is 6.39. The van der Waals surface area contributed by atoms with Crippen LogP contribution >= 0.6 is 11.6 Å². The molecule has 0 spiro atoms. The molecule has 4 nitrogen and oxygen atoms in total. The van der Waals surface area contributed by atoms with E-state index >= 15 is 0 Å². The fraction of sp³-hybridized carbons (Fsp3) is 0.400. The highest BCUT2D eigenvalue weighted by Gasteiger charge is 2.44. The van der Waals surface area contributed by atoms with E-state index < -0.39 is 0 Å². The second-order valence-electron chi connectivity index (χ2n) is 11.9. The Kier molecular flexibility index (Phi) is 7.74. The first-order valence-corrected chi connectivity index (χ1v) is 15.0. The molecule has 2 fully saturated rings. The van der Waals surface area contributed by atoms with E-state index in [-0.39, 0.29) is 5.91 Å². The van der Waals surface area contributed by atoms with Crippen LogP contribution in [0.2, 0.25) is 5.02 Å². The van der Waals surface area contributed by atoms with Gasteiger partial charge in [0, 0.05) is 37.0 Å². The van der Waals surface area contributed by atoms with E-state index in [1.54, 1.807) is 0 Å². The molecule has 5 heteroatoms. The van der Waals surface area contributed by atoms with Gasteiger partial charge in [0.2, 0.25) is 0 Å². The molecule has 2 atom stereocenters. The van der Waals surface area contributed by atoms with Gasteiger partial charge in [-0.25, -0.2) is 0 Å². The van der Waals surface area contributed by atoms with Crippen molar-refractivity contribution in [2.45, 2.75) is 59.0 Å². The second kappa shape index (κ2) is 11.4. The van der Waals surface area contributed by atoms with Gasteiger partial charge in [-0.05, 0) is 104 Å². The van der Waals surface area contributed by atoms with Crippen LogP contribution in [-0.2, 0) is 17.8 Å². The molecule has 0 aromatic heterocycles. The number of fused-ring (bicyclic) bond motifs is 1. The molecule has 0 unspecified atom stereocenters. The fourth-order valence-corrected chi connectivity index (χ4v) is 6.68. The van der Waals surface area contributed by atoms with Crippen LogP contribution in [0, 0.1) is 32.6 Å². The summed E-state index contributed by atoms with van der Waals surface area (Å²) in [5.74, 6) is 1.78. The van der Waals surface area contributed by atoms with E-state index in [1.165, 1.54) is 33.4 Å². The number of allylic oxidation sites excluding steroid dienone is 1. The quantitative estimate of drug-likeness (QED) is 0.307. The molecular weight excluding hydrogens is 516 g/mol. The molecule has 0 bridgehead atoms. The van der Waals surface area contributed by atoms with Crippen LogP contribution in [-0.4, -0.2) is 36.5 Å². The van der Waals surface area contributed by atoms with E-state index in [0.717, 1.165) is 55.7 Å². The van der Waals surface area contributed by atoms with Gasteiger partial charge in [-0.15, -0.1) is 0 Å². The number of hydrogen-bond acceptors (Lipinski definition) is 3. The molecule has 208 valence electrons. The number of ether oxygens (including phenoxy) is 1. The number of rotatable bonds is 9. The van der Waals surface area contributed by atoms with Crippen LogP contribution in [0.4, 0.5) is 0 Å². The Morgan fingerprint density at radius 2 is 1.82 bits per heavy atom. The minimum atomic E-state index is 0.252. The normalized spacial score (nSPS) is 20.1. The maximum Gasteiger partial charge on any atom is 0.250 e. The summed E-state index contributed by atoms with van der Waals surface area (Å²) in [6, 6.07) is 21.5. The predicted molar refractivity (Wildman–Crippen MR) is 163 cm³/mol. The van der Waals surface area contributed by atoms with Crippen molar-refractivity contribution in [2.24, 2.45) is 11.8 Å². The van der Waals surface area contributed by atoms with Crippen molar-refractivity contribution in [1.82, 2.24) is 10.2 Å². The summed E-state index contributed by atoms with van der Waals surface area (Å²) in [6.45, 7) is 9.51. The van der Waals surface area contributed by atoms with Crippen LogP contribution in [0.1, 0.15) is 52.6 Å². The van der Waals surface area contributed by atoms with Crippen LogP contribution in [0.25, 0.3) is 5.57 Å². The van der Waals surface area contributed by atoms with Crippen molar-refractivity contribution in [3.63, 3.8) is 0 Å². The summed E-state index contributed by atoms with van der Waals surface area (Å²) >= 11 is 6.32. The van der Waals surface area contributed by atoms with Gasteiger partial charge in [0.15, 0.2) is 0 Å². The first-order chi connectivity index (χ1) is 19.4. The minimum Gasteiger partial charge on any atom is -0.492 e. The highest BCUT2D eigenvalue weighted by molar-refractivity contribution is 6.32. The van der Waals surface area contributed by atoms with Gasteiger partial charge in [0.05, 0.1) is 11.6 Å². The van der Waals surface area contributed by atoms with Crippen molar-refractivity contribution >= 4 is 23.1 Å². The number of halogens is 1. The molecule has 2 aliphatic carbocycles. The van der Waals surface area contributed by atoms with Crippen molar-refractivity contribution in [3.8, 4) is 5.75 Å². The second-order valence-corrected chi connectivity index (χ2v) is 12.3. The zero-order valence-corrected chi connectivity index (χ0v) is 24.6. The lowest BCUT2D eigenvalue weighted by atomic mass is 9.93. The number of aryl methyl sites for hydroxylation is 2. The van der Waals surface area contributed by atoms with Crippen molar-refractivity contribution < 1.29 is 9.53 Å². The van der Waals surface area contributed by atoms with E-state index in [4.69, 9.17) is 16.3 Å². The highest BCUT2D eigenvalue weighted by Crippen LogP contribution is 2.46. The number of benzene rings is 3. The topological polar surface area (TPSA) is 41.6 Å². The molecule has 3 aliphatic rings. The van der Waals surface area contributed by atoms with Gasteiger partial charge >= 0.3 is 0 Å². The van der Waals surface area contributed by atoms with Crippen molar-refractivity contribution in [3.05, 3.63) is 105 Å². The summed E-state index contributed by atoms with van der Waals surface area (Å²) < 4.78 is 5.95. The standard InChI is InChI=1S/C35H39ClN2O2/c1-22-7-14-33(32(36)17-22)40-16-15-25-8-10-26(11-9-25)30-18-28-19-37-20-31(28)34(30)35(39)38(29-12-13-29)21-27-6-4-5-23(2)24(27)3/h4-11,14,17,28-29,31,37H,12-13,15-16,18-21H2,1-3H3/t28-,31+/m0/s1. The Bertz CT molecular complexity index is 1440. The molecule has 3 aromatic rings. The van der Waals surface area contributed by atoms with Gasteiger partial charge in [-0.1, -0.05) is 60.1 Å². The maximum atomic E-state index is 14.4. The van der Waals surface area contributed by atoms with Gasteiger partial charge in [-0.2, -0.15) is 0 Å². The predicted octanol–water partition coefficient (Wildman–Crippen LogP) is 7.07. The summed E-state index contributed by atoms with van der Waals surface area (Å²) in [5.41, 5.74) is 9.68. The lowest BCUT2D eigenvalue weighted by Crippen LogP contribution is -2.36. The Balaban J connectivity index is 1.21. The summed E-state index contributed by atoms with van der Waals surface area (Å²) in [7, 11) is 0. The minimum absolute atomic E-state index is 0.252. The van der Waals surface area contributed by atoms with Crippen LogP contribution in [0.15, 0.2) is 66.2 Å². The number of carbonyl (C=O) groups is 1. The van der Waals surface area contributed by atoms with Crippen LogP contribution in [0.3, 0.4) is 0 Å². The van der Waals surface area contributed by atoms with Crippen LogP contribution < -0.4 is 10.1 Å². The Hall–Kier alpha value is -3.08. The molecule has 1 N–H and O–H groups in total. The van der Waals surface area contributed by atoms with Gasteiger partial charge < -0.3 is 15.0 Å². The molecule has 40 heavy (non-hydrogen) atoms. The van der Waals surface area contributed by atoms with E-state index in [9.17, 15) is 4.79 Å². The first kappa shape index (κ1) is 27.1. The molecule has 0 radical (unpaired) electrons. The Morgan fingerprint density at radius 3 is 2.58 bits per heavy atom. The first-order valence-electron chi connectivity index (χ1n) is 14.7. The molecule has 3 aromatic carbocycles. The molecular formula is C35H39ClN2O2. The third-order valence-corrected chi connectivity index (χ3v) is 9.37. The monoisotopic (exact) mass is 554 g/mol. The molecule has 1 aliphatic heterocycles. The molecule has 6 rings (SSSR count). The third-order valence-electron chi connectivity index (χ3n) is 9.08. The van der Waals surface area contributed by atoms with E-state index in [2.05, 4.69) is 66.5 Å². The zero-order valence-electron chi connectivity index (χ0n) is 23.8. The lowest BCUT2D eigenvalue weighted by Gasteiger charge is -2.27. The molecule has 1 saturated carbocycles. The van der Waals surface area contributed by atoms with Gasteiger partial charge in [-0.3, -0.25) is 4.79 Å². The smallest absolute Gasteiger partial charge is 0.250 e. The Labute approximate surface area is 243 Å². The number of hydrogen-bond donors (Lipinski definition) is 1. The van der Waals surface area contributed by atoms with E-state index in [0.29, 0.717) is 36.1 Å². The Morgan fingerprint density at radius 1 is 1.02 bits per heavy atom. The number of amides is 1. The summed E-state index contributed by atoms with van der Waals surface area (Å²) in [4.78, 5) is 16.5. The van der Waals surface area contributed by atoms with Gasteiger partial charge in [0.1, 0.15) is 5.75 Å². The van der Waals surface area contributed by atoms with Crippen LogP contribution in [0.5, 0.6) is 5.75 Å². The van der Waals surface area contributed by atoms with Crippen molar-refractivity contribution in [2.75, 3.05) is 19.7 Å². The molecule has 1 amide bonds. The largest absolute Gasteiger partial charge is 0.492 e. The lowest BCUT2D eigenvalue weighted by molar-refractivity contribution is -0.128. The zero-order chi connectivity index (χ0) is 27.8. The number of nitrogens with zero attached hydrogens (tertiary/aromatic N) is 1. The molecule has 1 heterocycles. The average Bonchev–Trinajstić information content (AvgIpc) is 3.57. The number of nitrogens with one attached hydrogen (secondary N) is 1. The average molecular weight is 555 g/mol. The summed E-state index contributed by atoms with van der Waals surface area (Å²) in [6.07, 6.45) is 3.98. The summed E-state index contributed by atoms with van der Waals surface area (Å²) in [5, 5.41) is 4.21.